The Bertz CT molecular complexity index is 831. The number of aliphatic hydroxyl groups excluding tert-OH is 1. The summed E-state index contributed by atoms with van der Waals surface area (Å²) in [5.74, 6) is 1.46. The number of ether oxygens (including phenoxy) is 1. The zero-order valence-corrected chi connectivity index (χ0v) is 17.4. The van der Waals surface area contributed by atoms with Crippen molar-refractivity contribution in [2.45, 2.75) is 45.8 Å². The number of thioether (sulfide) groups is 1. The monoisotopic (exact) mass is 401 g/mol. The van der Waals surface area contributed by atoms with Gasteiger partial charge in [0.05, 0.1) is 24.7 Å². The molecule has 2 aliphatic carbocycles. The molecule has 2 fully saturated rings. The molecule has 2 saturated carbocycles. The standard InChI is InChI=1S/C22H27NO4S/c1-21(2)15-8-9-22(21,18(24)10-15)13-28-17-11-19(25)23(20(17)26)12-14-4-6-16(27-3)7-5-14/h4-7,11,15,18,24H,8-10,12-13H2,1-3H3/t15-,18-,22-/m1/s1. The second kappa shape index (κ2) is 6.92. The summed E-state index contributed by atoms with van der Waals surface area (Å²) in [5.41, 5.74) is 0.774. The normalized spacial score (nSPS) is 30.9. The fourth-order valence-electron chi connectivity index (χ4n) is 5.24. The molecule has 2 bridgehead atoms. The molecule has 1 N–H and O–H groups in total. The van der Waals surface area contributed by atoms with Crippen molar-refractivity contribution < 1.29 is 19.4 Å². The molecule has 1 heterocycles. The number of hydrogen-bond donors (Lipinski definition) is 1. The second-order valence-electron chi connectivity index (χ2n) is 8.74. The molecule has 0 spiro atoms. The smallest absolute Gasteiger partial charge is 0.267 e. The van der Waals surface area contributed by atoms with Gasteiger partial charge in [0.2, 0.25) is 0 Å². The van der Waals surface area contributed by atoms with Gasteiger partial charge >= 0.3 is 0 Å². The highest BCUT2D eigenvalue weighted by atomic mass is 32.2. The Morgan fingerprint density at radius 3 is 2.54 bits per heavy atom. The van der Waals surface area contributed by atoms with Gasteiger partial charge in [-0.15, -0.1) is 11.8 Å². The van der Waals surface area contributed by atoms with Crippen molar-refractivity contribution in [1.82, 2.24) is 4.90 Å². The van der Waals surface area contributed by atoms with Crippen LogP contribution < -0.4 is 4.74 Å². The summed E-state index contributed by atoms with van der Waals surface area (Å²) in [4.78, 5) is 27.0. The molecular formula is C22H27NO4S. The van der Waals surface area contributed by atoms with Crippen LogP contribution >= 0.6 is 11.8 Å². The number of carbonyl (C=O) groups excluding carboxylic acids is 2. The zero-order chi connectivity index (χ0) is 20.1. The van der Waals surface area contributed by atoms with Crippen molar-refractivity contribution >= 4 is 23.6 Å². The molecule has 28 heavy (non-hydrogen) atoms. The molecule has 0 unspecified atom stereocenters. The molecule has 3 atom stereocenters. The molecule has 6 heteroatoms. The van der Waals surface area contributed by atoms with E-state index < -0.39 is 0 Å². The van der Waals surface area contributed by atoms with Crippen molar-refractivity contribution in [3.8, 4) is 5.75 Å². The molecule has 0 radical (unpaired) electrons. The second-order valence-corrected chi connectivity index (χ2v) is 9.76. The fraction of sp³-hybridized carbons (Fsp3) is 0.545. The van der Waals surface area contributed by atoms with Crippen LogP contribution in [-0.2, 0) is 16.1 Å². The summed E-state index contributed by atoms with van der Waals surface area (Å²) < 4.78 is 5.15. The Labute approximate surface area is 170 Å². The van der Waals surface area contributed by atoms with Crippen molar-refractivity contribution in [2.24, 2.45) is 16.7 Å². The van der Waals surface area contributed by atoms with Crippen molar-refractivity contribution in [3.63, 3.8) is 0 Å². The number of benzene rings is 1. The van der Waals surface area contributed by atoms with Crippen molar-refractivity contribution in [3.05, 3.63) is 40.8 Å². The van der Waals surface area contributed by atoms with E-state index in [4.69, 9.17) is 4.74 Å². The van der Waals surface area contributed by atoms with E-state index in [9.17, 15) is 14.7 Å². The van der Waals surface area contributed by atoms with E-state index in [1.807, 2.05) is 24.3 Å². The predicted molar refractivity (Wildman–Crippen MR) is 109 cm³/mol. The molecule has 1 aromatic carbocycles. The van der Waals surface area contributed by atoms with E-state index in [0.717, 1.165) is 30.6 Å². The number of methoxy groups -OCH3 is 1. The van der Waals surface area contributed by atoms with Gasteiger partial charge in [0.15, 0.2) is 0 Å². The average molecular weight is 402 g/mol. The number of carbonyl (C=O) groups is 2. The number of hydrogen-bond acceptors (Lipinski definition) is 5. The molecule has 2 amide bonds. The molecule has 1 aliphatic heterocycles. The minimum Gasteiger partial charge on any atom is -0.497 e. The predicted octanol–water partition coefficient (Wildman–Crippen LogP) is 3.37. The molecule has 1 aromatic rings. The maximum atomic E-state index is 12.8. The third-order valence-electron chi connectivity index (χ3n) is 7.35. The highest BCUT2D eigenvalue weighted by molar-refractivity contribution is 8.04. The number of imide groups is 1. The van der Waals surface area contributed by atoms with Crippen LogP contribution in [-0.4, -0.2) is 40.8 Å². The SMILES string of the molecule is COc1ccc(CN2C(=O)C=C(SC[C@]34CC[C@H](C[C@H]3O)C4(C)C)C2=O)cc1. The largest absolute Gasteiger partial charge is 0.497 e. The summed E-state index contributed by atoms with van der Waals surface area (Å²) in [6.07, 6.45) is 4.11. The maximum Gasteiger partial charge on any atom is 0.267 e. The molecule has 4 rings (SSSR count). The number of rotatable bonds is 6. The number of fused-ring (bicyclic) bond motifs is 2. The van der Waals surface area contributed by atoms with E-state index in [0.29, 0.717) is 16.6 Å². The van der Waals surface area contributed by atoms with Gasteiger partial charge in [0.25, 0.3) is 11.8 Å². The maximum absolute atomic E-state index is 12.8. The first-order valence-electron chi connectivity index (χ1n) is 9.80. The van der Waals surface area contributed by atoms with E-state index in [1.165, 1.54) is 22.7 Å². The van der Waals surface area contributed by atoms with Crippen molar-refractivity contribution in [2.75, 3.05) is 12.9 Å². The van der Waals surface area contributed by atoms with Gasteiger partial charge in [-0.3, -0.25) is 14.5 Å². The average Bonchev–Trinajstić information content (AvgIpc) is 3.16. The third kappa shape index (κ3) is 2.89. The first kappa shape index (κ1) is 19.5. The van der Waals surface area contributed by atoms with E-state index in [-0.39, 0.29) is 35.3 Å². The Morgan fingerprint density at radius 2 is 1.96 bits per heavy atom. The Balaban J connectivity index is 1.43. The minimum atomic E-state index is -0.322. The van der Waals surface area contributed by atoms with Gasteiger partial charge in [-0.05, 0) is 48.3 Å². The topological polar surface area (TPSA) is 66.8 Å². The molecule has 3 aliphatic rings. The minimum absolute atomic E-state index is 0.0639. The van der Waals surface area contributed by atoms with Gasteiger partial charge in [-0.2, -0.15) is 0 Å². The van der Waals surface area contributed by atoms with Crippen LogP contribution in [0, 0.1) is 16.7 Å². The molecule has 0 saturated heterocycles. The lowest BCUT2D eigenvalue weighted by Crippen LogP contribution is -2.41. The number of amides is 2. The summed E-state index contributed by atoms with van der Waals surface area (Å²) in [6, 6.07) is 7.37. The third-order valence-corrected chi connectivity index (χ3v) is 8.61. The molecule has 5 nitrogen and oxygen atoms in total. The van der Waals surface area contributed by atoms with Crippen molar-refractivity contribution in [1.29, 1.82) is 0 Å². The first-order valence-corrected chi connectivity index (χ1v) is 10.8. The Morgan fingerprint density at radius 1 is 1.25 bits per heavy atom. The highest BCUT2D eigenvalue weighted by Gasteiger charge is 2.63. The van der Waals surface area contributed by atoms with Gasteiger partial charge in [0, 0.05) is 17.2 Å². The molecule has 0 aromatic heterocycles. The fourth-order valence-corrected chi connectivity index (χ4v) is 6.78. The van der Waals surface area contributed by atoms with Crippen LogP contribution in [0.5, 0.6) is 5.75 Å². The van der Waals surface area contributed by atoms with Gasteiger partial charge in [-0.25, -0.2) is 0 Å². The Kier molecular flexibility index (Phi) is 4.82. The van der Waals surface area contributed by atoms with Crippen LogP contribution in [0.15, 0.2) is 35.2 Å². The zero-order valence-electron chi connectivity index (χ0n) is 16.6. The van der Waals surface area contributed by atoms with Crippen LogP contribution in [0.1, 0.15) is 38.7 Å². The van der Waals surface area contributed by atoms with Gasteiger partial charge in [0.1, 0.15) is 5.75 Å². The summed E-state index contributed by atoms with van der Waals surface area (Å²) in [5, 5.41) is 10.7. The van der Waals surface area contributed by atoms with Crippen LogP contribution in [0.3, 0.4) is 0 Å². The van der Waals surface area contributed by atoms with Crippen LogP contribution in [0.2, 0.25) is 0 Å². The highest BCUT2D eigenvalue weighted by Crippen LogP contribution is 2.66. The number of aliphatic hydroxyl groups is 1. The summed E-state index contributed by atoms with van der Waals surface area (Å²) >= 11 is 1.44. The first-order chi connectivity index (χ1) is 13.3. The van der Waals surface area contributed by atoms with E-state index in [1.54, 1.807) is 7.11 Å². The lowest BCUT2D eigenvalue weighted by molar-refractivity contribution is -0.137. The van der Waals surface area contributed by atoms with E-state index >= 15 is 0 Å². The van der Waals surface area contributed by atoms with Crippen LogP contribution in [0.25, 0.3) is 0 Å². The van der Waals surface area contributed by atoms with E-state index in [2.05, 4.69) is 13.8 Å². The molecule has 150 valence electrons. The lowest BCUT2D eigenvalue weighted by Gasteiger charge is -2.40. The summed E-state index contributed by atoms with van der Waals surface area (Å²) in [6.45, 7) is 4.74. The Hall–Kier alpha value is -1.79. The van der Waals surface area contributed by atoms with Gasteiger partial charge < -0.3 is 9.84 Å². The van der Waals surface area contributed by atoms with Crippen LogP contribution in [0.4, 0.5) is 0 Å². The summed E-state index contributed by atoms with van der Waals surface area (Å²) in [7, 11) is 1.60. The number of nitrogens with zero attached hydrogens (tertiary/aromatic N) is 1. The molecular weight excluding hydrogens is 374 g/mol. The van der Waals surface area contributed by atoms with Gasteiger partial charge in [-0.1, -0.05) is 26.0 Å². The quantitative estimate of drug-likeness (QED) is 0.741. The lowest BCUT2D eigenvalue weighted by atomic mass is 9.70.